The number of hydrogen-bond acceptors (Lipinski definition) is 3. The molecule has 0 aliphatic carbocycles. The summed E-state index contributed by atoms with van der Waals surface area (Å²) in [5.41, 5.74) is 0. The number of halogens is 3. The molecule has 0 saturated heterocycles. The van der Waals surface area contributed by atoms with Gasteiger partial charge in [0.1, 0.15) is 12.4 Å². The molecule has 1 aliphatic heterocycles. The Labute approximate surface area is 226 Å². The highest BCUT2D eigenvalue weighted by Crippen LogP contribution is 2.26. The third kappa shape index (κ3) is 24.1. The molecular formula is C31H54F3NO2. The van der Waals surface area contributed by atoms with Gasteiger partial charge in [-0.1, -0.05) is 77.2 Å². The van der Waals surface area contributed by atoms with Crippen molar-refractivity contribution in [1.82, 2.24) is 4.90 Å². The van der Waals surface area contributed by atoms with Crippen molar-refractivity contribution in [1.29, 1.82) is 0 Å². The average Bonchev–Trinajstić information content (AvgIpc) is 2.93. The summed E-state index contributed by atoms with van der Waals surface area (Å²) >= 11 is 0. The van der Waals surface area contributed by atoms with E-state index in [4.69, 9.17) is 4.74 Å². The highest BCUT2D eigenvalue weighted by Gasteiger charge is 2.33. The van der Waals surface area contributed by atoms with Crippen LogP contribution in [0.25, 0.3) is 0 Å². The smallest absolute Gasteiger partial charge is 0.394 e. The van der Waals surface area contributed by atoms with Crippen LogP contribution >= 0.6 is 0 Å². The molecule has 0 bridgehead atoms. The van der Waals surface area contributed by atoms with Crippen LogP contribution in [-0.2, 0) is 4.74 Å². The molecule has 1 aliphatic rings. The van der Waals surface area contributed by atoms with E-state index in [2.05, 4.69) is 62.3 Å². The number of hydrogen-bond donors (Lipinski definition) is 1. The summed E-state index contributed by atoms with van der Waals surface area (Å²) in [5.74, 6) is 0.117. The zero-order valence-electron chi connectivity index (χ0n) is 24.4. The second-order valence-electron chi connectivity index (χ2n) is 8.12. The van der Waals surface area contributed by atoms with Crippen LogP contribution in [0.3, 0.4) is 0 Å². The first-order valence-electron chi connectivity index (χ1n) is 13.6. The number of nitrogens with zero attached hydrogens (tertiary/aromatic N) is 1. The lowest BCUT2D eigenvalue weighted by atomic mass is 10.0. The topological polar surface area (TPSA) is 32.7 Å². The van der Waals surface area contributed by atoms with Gasteiger partial charge in [0, 0.05) is 19.6 Å². The monoisotopic (exact) mass is 529 g/mol. The average molecular weight is 530 g/mol. The van der Waals surface area contributed by atoms with Crippen molar-refractivity contribution in [3.8, 4) is 0 Å². The second-order valence-corrected chi connectivity index (χ2v) is 8.12. The summed E-state index contributed by atoms with van der Waals surface area (Å²) < 4.78 is 40.6. The van der Waals surface area contributed by atoms with Crippen molar-refractivity contribution in [2.75, 3.05) is 26.2 Å². The van der Waals surface area contributed by atoms with E-state index in [-0.39, 0.29) is 6.10 Å². The van der Waals surface area contributed by atoms with Crippen LogP contribution in [0.15, 0.2) is 73.6 Å². The Kier molecular flexibility index (Phi) is 28.8. The minimum absolute atomic E-state index is 0.354. The highest BCUT2D eigenvalue weighted by atomic mass is 19.4. The van der Waals surface area contributed by atoms with Crippen molar-refractivity contribution in [2.24, 2.45) is 11.8 Å². The lowest BCUT2D eigenvalue weighted by molar-refractivity contribution is -0.156. The standard InChI is InChI=1S/C21H35NO2.C6H9F3.C2H6.C2H4/c1-4-7-12-21(6-3)24-17-16-22-15-10-8-9-11-20(23)14-13-19(5-2)18-22;1-3-4-5(2)6(7,8)9;2*1-2/h6-9,12-14,19-20,23H,4-5,10-11,15-18H2,1-3H3;3-5H,1-2H3;1-2H3;1-2H2/b9-8+,12-7+,14-13+,21-6-;4-3-;;. The van der Waals surface area contributed by atoms with Crippen LogP contribution in [0.2, 0.25) is 0 Å². The van der Waals surface area contributed by atoms with Gasteiger partial charge in [0.15, 0.2) is 0 Å². The molecule has 0 radical (unpaired) electrons. The molecular weight excluding hydrogens is 475 g/mol. The fourth-order valence-corrected chi connectivity index (χ4v) is 3.08. The number of allylic oxidation sites excluding steroid dienone is 5. The van der Waals surface area contributed by atoms with E-state index in [1.165, 1.54) is 6.08 Å². The zero-order chi connectivity index (χ0) is 29.1. The van der Waals surface area contributed by atoms with Crippen molar-refractivity contribution in [2.45, 2.75) is 86.4 Å². The Morgan fingerprint density at radius 2 is 1.81 bits per heavy atom. The third-order valence-electron chi connectivity index (χ3n) is 5.25. The first kappa shape index (κ1) is 39.5. The molecule has 1 N–H and O–H groups in total. The number of aliphatic hydroxyl groups is 1. The molecule has 0 aromatic heterocycles. The molecule has 3 atom stereocenters. The fourth-order valence-electron chi connectivity index (χ4n) is 3.08. The van der Waals surface area contributed by atoms with Crippen molar-refractivity contribution >= 4 is 0 Å². The van der Waals surface area contributed by atoms with Gasteiger partial charge in [0.25, 0.3) is 0 Å². The molecule has 0 amide bonds. The predicted octanol–water partition coefficient (Wildman–Crippen LogP) is 9.06. The molecule has 3 unspecified atom stereocenters. The first-order chi connectivity index (χ1) is 17.7. The normalized spacial score (nSPS) is 21.8. The summed E-state index contributed by atoms with van der Waals surface area (Å²) in [6.07, 6.45) is 16.5. The van der Waals surface area contributed by atoms with E-state index in [1.54, 1.807) is 6.92 Å². The van der Waals surface area contributed by atoms with Crippen LogP contribution in [0.1, 0.15) is 74.1 Å². The lowest BCUT2D eigenvalue weighted by Crippen LogP contribution is -2.32. The van der Waals surface area contributed by atoms with Crippen LogP contribution in [0.4, 0.5) is 13.2 Å². The van der Waals surface area contributed by atoms with Gasteiger partial charge in [0.2, 0.25) is 0 Å². The maximum absolute atomic E-state index is 11.6. The van der Waals surface area contributed by atoms with Crippen LogP contribution < -0.4 is 0 Å². The quantitative estimate of drug-likeness (QED) is 0.193. The number of rotatable bonds is 8. The molecule has 1 rings (SSSR count). The SMILES string of the molecule is C/C=C(/C=C/CC)OCCN1CC/C=C/CC(O)/C=C/C(CC)C1.C/C=C\C(C)C(F)(F)F.C=C.CC. The molecule has 6 heteroatoms. The van der Waals surface area contributed by atoms with Gasteiger partial charge < -0.3 is 9.84 Å². The molecule has 0 fully saturated rings. The molecule has 3 nitrogen and oxygen atoms in total. The molecule has 37 heavy (non-hydrogen) atoms. The third-order valence-corrected chi connectivity index (χ3v) is 5.25. The Balaban J connectivity index is -0.000000744. The van der Waals surface area contributed by atoms with E-state index in [1.807, 2.05) is 32.9 Å². The molecule has 0 aromatic rings. The summed E-state index contributed by atoms with van der Waals surface area (Å²) in [4.78, 5) is 2.47. The minimum Gasteiger partial charge on any atom is -0.493 e. The van der Waals surface area contributed by atoms with Crippen LogP contribution in [0.5, 0.6) is 0 Å². The number of aliphatic hydroxyl groups excluding tert-OH is 1. The van der Waals surface area contributed by atoms with Crippen molar-refractivity contribution in [3.63, 3.8) is 0 Å². The van der Waals surface area contributed by atoms with E-state index in [0.717, 1.165) is 57.7 Å². The first-order valence-corrected chi connectivity index (χ1v) is 13.6. The number of ether oxygens (including phenoxy) is 1. The van der Waals surface area contributed by atoms with Gasteiger partial charge in [-0.25, -0.2) is 0 Å². The summed E-state index contributed by atoms with van der Waals surface area (Å²) in [6.45, 7) is 22.7. The van der Waals surface area contributed by atoms with Crippen molar-refractivity contribution < 1.29 is 23.0 Å². The van der Waals surface area contributed by atoms with Crippen LogP contribution in [-0.4, -0.2) is 48.5 Å². The van der Waals surface area contributed by atoms with Crippen LogP contribution in [0, 0.1) is 11.8 Å². The van der Waals surface area contributed by atoms with Gasteiger partial charge in [0.05, 0.1) is 12.0 Å². The maximum atomic E-state index is 11.6. The van der Waals surface area contributed by atoms with E-state index >= 15 is 0 Å². The molecule has 0 spiro atoms. The summed E-state index contributed by atoms with van der Waals surface area (Å²) in [5, 5.41) is 9.92. The predicted molar refractivity (Wildman–Crippen MR) is 156 cm³/mol. The van der Waals surface area contributed by atoms with Gasteiger partial charge in [-0.15, -0.1) is 13.2 Å². The largest absolute Gasteiger partial charge is 0.493 e. The maximum Gasteiger partial charge on any atom is 0.394 e. The summed E-state index contributed by atoms with van der Waals surface area (Å²) in [7, 11) is 0. The molecule has 1 heterocycles. The molecule has 0 saturated carbocycles. The molecule has 0 aromatic carbocycles. The van der Waals surface area contributed by atoms with Gasteiger partial charge in [-0.05, 0) is 57.6 Å². The summed E-state index contributed by atoms with van der Waals surface area (Å²) in [6, 6.07) is 0. The Bertz CT molecular complexity index is 651. The van der Waals surface area contributed by atoms with Crippen molar-refractivity contribution in [3.05, 3.63) is 73.6 Å². The number of alkyl halides is 3. The zero-order valence-corrected chi connectivity index (χ0v) is 24.4. The Morgan fingerprint density at radius 3 is 2.30 bits per heavy atom. The fraction of sp³-hybridized carbons (Fsp3) is 0.613. The Hall–Kier alpha value is -2.05. The highest BCUT2D eigenvalue weighted by molar-refractivity contribution is 5.10. The van der Waals surface area contributed by atoms with E-state index < -0.39 is 12.1 Å². The molecule has 216 valence electrons. The van der Waals surface area contributed by atoms with E-state index in [9.17, 15) is 18.3 Å². The minimum atomic E-state index is -4.08. The van der Waals surface area contributed by atoms with Gasteiger partial charge in [-0.3, -0.25) is 4.90 Å². The van der Waals surface area contributed by atoms with E-state index in [0.29, 0.717) is 18.9 Å². The lowest BCUT2D eigenvalue weighted by Gasteiger charge is -2.25. The van der Waals surface area contributed by atoms with Gasteiger partial charge >= 0.3 is 6.18 Å². The Morgan fingerprint density at radius 1 is 1.16 bits per heavy atom. The second kappa shape index (κ2) is 27.0. The van der Waals surface area contributed by atoms with Gasteiger partial charge in [-0.2, -0.15) is 13.2 Å².